The average molecular weight is 265 g/mol. The molecule has 0 unspecified atom stereocenters. The van der Waals surface area contributed by atoms with Crippen molar-refractivity contribution >= 4 is 11.0 Å². The summed E-state index contributed by atoms with van der Waals surface area (Å²) in [5, 5.41) is 0. The first-order chi connectivity index (χ1) is 0. The normalized spacial score (nSPS) is 0. The van der Waals surface area contributed by atoms with Crippen molar-refractivity contribution in [3.8, 4) is 0 Å². The molecule has 0 saturated carbocycles. The smallest absolute Gasteiger partial charge is 0 e. The molecule has 0 atom stereocenters. The van der Waals surface area contributed by atoms with Crippen LogP contribution in [0.4, 0.5) is 0 Å². The third-order valence-corrected chi connectivity index (χ3v) is 0. The molecule has 0 aliphatic carbocycles. The fourth-order valence-corrected chi connectivity index (χ4v) is 0. The first-order valence-corrected chi connectivity index (χ1v) is 0. The molecule has 0 aromatic rings. The first-order valence-electron chi connectivity index (χ1n) is 0. The summed E-state index contributed by atoms with van der Waals surface area (Å²) in [5.41, 5.74) is 0. The first kappa shape index (κ1) is 55.5. The molecule has 0 aliphatic rings. The third-order valence-electron chi connectivity index (χ3n) is 0. The fourth-order valence-electron chi connectivity index (χ4n) is 0. The standard InChI is InChI=1S/Co.Cr.Cu.Ni.H4Si/h;;;;1H4. The van der Waals surface area contributed by atoms with Gasteiger partial charge in [0.2, 0.25) is 0 Å². The van der Waals surface area contributed by atoms with E-state index in [0.717, 1.165) is 0 Å². The van der Waals surface area contributed by atoms with Gasteiger partial charge in [-0.1, -0.05) is 0 Å². The number of hydrogen-bond donors (Lipinski definition) is 0. The summed E-state index contributed by atoms with van der Waals surface area (Å²) >= 11 is 0. The van der Waals surface area contributed by atoms with Crippen LogP contribution in [0.2, 0.25) is 0 Å². The molecule has 0 bridgehead atoms. The fraction of sp³-hybridized carbons (Fsp3) is 0. The van der Waals surface area contributed by atoms with Crippen LogP contribution >= 0.6 is 0 Å². The molecule has 0 N–H and O–H groups in total. The largest absolute Gasteiger partial charge is 0.0149 e. The molecular weight excluding hydrogens is 261 g/mol. The Labute approximate surface area is 78.0 Å². The van der Waals surface area contributed by atoms with E-state index in [4.69, 9.17) is 0 Å². The Kier molecular flexibility index (Phi) is 375. The Morgan fingerprint density at radius 1 is 1.00 bits per heavy atom. The van der Waals surface area contributed by atoms with Gasteiger partial charge in [-0.05, 0) is 11.0 Å². The molecule has 0 aromatic heterocycles. The molecule has 0 amide bonds. The van der Waals surface area contributed by atoms with Gasteiger partial charge in [0.05, 0.1) is 0 Å². The zero-order chi connectivity index (χ0) is 0. The van der Waals surface area contributed by atoms with Crippen molar-refractivity contribution in [2.75, 3.05) is 0 Å². The summed E-state index contributed by atoms with van der Waals surface area (Å²) < 4.78 is 0. The summed E-state index contributed by atoms with van der Waals surface area (Å²) in [6.45, 7) is 0. The SMILES string of the molecule is [Co].[Cr].[Cu].[Ni].[SiH4]. The van der Waals surface area contributed by atoms with E-state index in [1.165, 1.54) is 0 Å². The molecule has 0 saturated heterocycles. The zero-order valence-electron chi connectivity index (χ0n) is 1.36. The van der Waals surface area contributed by atoms with Crippen molar-refractivity contribution in [2.45, 2.75) is 0 Å². The van der Waals surface area contributed by atoms with Crippen LogP contribution in [0.15, 0.2) is 0 Å². The predicted molar refractivity (Wildman–Crippen MR) is 11.3 cm³/mol. The van der Waals surface area contributed by atoms with Crippen molar-refractivity contribution in [3.05, 3.63) is 0 Å². The van der Waals surface area contributed by atoms with Gasteiger partial charge in [-0.15, -0.1) is 0 Å². The maximum Gasteiger partial charge on any atom is 0 e. The molecule has 5 heteroatoms. The average Bonchev–Trinajstić information content (AvgIpc) is 0. The molecule has 0 heterocycles. The Balaban J connectivity index is 0. The van der Waals surface area contributed by atoms with Gasteiger partial charge in [-0.3, -0.25) is 0 Å². The van der Waals surface area contributed by atoms with E-state index >= 15 is 0 Å². The van der Waals surface area contributed by atoms with Gasteiger partial charge in [0, 0.05) is 67.7 Å². The zero-order valence-corrected chi connectivity index (χ0v) is 5.60. The van der Waals surface area contributed by atoms with Crippen LogP contribution in [0, 0.1) is 0 Å². The maximum absolute atomic E-state index is 0. The van der Waals surface area contributed by atoms with E-state index in [-0.39, 0.29) is 78.7 Å². The summed E-state index contributed by atoms with van der Waals surface area (Å²) in [7, 11) is 0. The molecule has 0 nitrogen and oxygen atoms in total. The molecule has 44 valence electrons. The van der Waals surface area contributed by atoms with Gasteiger partial charge < -0.3 is 0 Å². The Morgan fingerprint density at radius 2 is 1.00 bits per heavy atom. The van der Waals surface area contributed by atoms with E-state index < -0.39 is 0 Å². The van der Waals surface area contributed by atoms with E-state index in [0.29, 0.717) is 0 Å². The van der Waals surface area contributed by atoms with Crippen LogP contribution in [0.5, 0.6) is 0 Å². The van der Waals surface area contributed by atoms with E-state index in [2.05, 4.69) is 0 Å². The molecule has 0 rings (SSSR count). The van der Waals surface area contributed by atoms with Crippen molar-refractivity contribution in [2.24, 2.45) is 0 Å². The minimum absolute atomic E-state index is 0. The van der Waals surface area contributed by atoms with E-state index in [1.807, 2.05) is 0 Å². The Bertz CT molecular complexity index is 11.6. The van der Waals surface area contributed by atoms with Gasteiger partial charge in [-0.2, -0.15) is 0 Å². The van der Waals surface area contributed by atoms with Crippen molar-refractivity contribution in [1.29, 1.82) is 0 Å². The quantitative estimate of drug-likeness (QED) is 0.470. The maximum atomic E-state index is 0. The van der Waals surface area contributed by atoms with Gasteiger partial charge in [0.1, 0.15) is 0 Å². The van der Waals surface area contributed by atoms with Crippen LogP contribution in [-0.4, -0.2) is 11.0 Å². The molecule has 0 aromatic carbocycles. The van der Waals surface area contributed by atoms with Crippen molar-refractivity contribution in [1.82, 2.24) is 0 Å². The molecule has 5 heavy (non-hydrogen) atoms. The second-order valence-corrected chi connectivity index (χ2v) is 0. The Morgan fingerprint density at radius 3 is 1.00 bits per heavy atom. The predicted octanol–water partition coefficient (Wildman–Crippen LogP) is -1.46. The topological polar surface area (TPSA) is 0 Å². The molecule has 2 radical (unpaired) electrons. The second-order valence-electron chi connectivity index (χ2n) is 0. The van der Waals surface area contributed by atoms with Crippen LogP contribution in [0.3, 0.4) is 0 Å². The van der Waals surface area contributed by atoms with Gasteiger partial charge >= 0.3 is 0 Å². The molecule has 0 fully saturated rings. The minimum Gasteiger partial charge on any atom is -0.0149 e. The van der Waals surface area contributed by atoms with Gasteiger partial charge in [0.25, 0.3) is 0 Å². The van der Waals surface area contributed by atoms with E-state index in [1.54, 1.807) is 0 Å². The summed E-state index contributed by atoms with van der Waals surface area (Å²) in [6.07, 6.45) is 0. The van der Waals surface area contributed by atoms with E-state index in [9.17, 15) is 0 Å². The third kappa shape index (κ3) is 22.2. The Hall–Kier alpha value is 2.27. The number of rotatable bonds is 0. The van der Waals surface area contributed by atoms with Crippen LogP contribution in [0.25, 0.3) is 0 Å². The summed E-state index contributed by atoms with van der Waals surface area (Å²) in [4.78, 5) is 0. The second kappa shape index (κ2) is 33.8. The van der Waals surface area contributed by atoms with Crippen molar-refractivity contribution in [3.63, 3.8) is 0 Å². The van der Waals surface area contributed by atoms with Crippen molar-refractivity contribution < 1.29 is 67.7 Å². The minimum atomic E-state index is 0. The van der Waals surface area contributed by atoms with Crippen LogP contribution in [0.1, 0.15) is 0 Å². The number of hydrogen-bond acceptors (Lipinski definition) is 0. The monoisotopic (exact) mass is 264 g/mol. The van der Waals surface area contributed by atoms with Crippen LogP contribution < -0.4 is 0 Å². The van der Waals surface area contributed by atoms with Crippen LogP contribution in [-0.2, 0) is 67.7 Å². The molecule has 0 aliphatic heterocycles. The summed E-state index contributed by atoms with van der Waals surface area (Å²) in [6, 6.07) is 0. The van der Waals surface area contributed by atoms with Gasteiger partial charge in [0.15, 0.2) is 0 Å². The van der Waals surface area contributed by atoms with Gasteiger partial charge in [-0.25, -0.2) is 0 Å². The summed E-state index contributed by atoms with van der Waals surface area (Å²) in [5.74, 6) is 0. The molecule has 0 spiro atoms. The molecular formula is H4CoCrCuNiSi.